The van der Waals surface area contributed by atoms with E-state index in [1.54, 1.807) is 4.68 Å². The van der Waals surface area contributed by atoms with E-state index in [1.807, 2.05) is 20.0 Å². The molecular formula is C16H18BrN3O. The van der Waals surface area contributed by atoms with Gasteiger partial charge in [0.25, 0.3) is 5.91 Å². The quantitative estimate of drug-likeness (QED) is 0.905. The van der Waals surface area contributed by atoms with Gasteiger partial charge in [0.05, 0.1) is 16.2 Å². The molecule has 1 heterocycles. The van der Waals surface area contributed by atoms with Gasteiger partial charge in [0.1, 0.15) is 0 Å². The van der Waals surface area contributed by atoms with Crippen LogP contribution in [-0.4, -0.2) is 15.7 Å². The zero-order valence-corrected chi connectivity index (χ0v) is 13.8. The smallest absolute Gasteiger partial charge is 0.273 e. The summed E-state index contributed by atoms with van der Waals surface area (Å²) in [7, 11) is 1.84. The Balaban J connectivity index is 1.84. The summed E-state index contributed by atoms with van der Waals surface area (Å²) < 4.78 is 2.49. The van der Waals surface area contributed by atoms with Gasteiger partial charge in [-0.15, -0.1) is 0 Å². The molecule has 0 aliphatic heterocycles. The van der Waals surface area contributed by atoms with Crippen LogP contribution in [0.15, 0.2) is 28.7 Å². The Labute approximate surface area is 132 Å². The van der Waals surface area contributed by atoms with E-state index >= 15 is 0 Å². The molecule has 110 valence electrons. The molecule has 1 aromatic carbocycles. The number of nitrogens with one attached hydrogen (secondary N) is 1. The van der Waals surface area contributed by atoms with Gasteiger partial charge in [0.2, 0.25) is 0 Å². The number of halogens is 1. The first-order chi connectivity index (χ1) is 10.1. The van der Waals surface area contributed by atoms with Crippen LogP contribution in [0, 0.1) is 6.92 Å². The van der Waals surface area contributed by atoms with Gasteiger partial charge in [-0.3, -0.25) is 9.48 Å². The van der Waals surface area contributed by atoms with Crippen molar-refractivity contribution >= 4 is 21.8 Å². The average molecular weight is 348 g/mol. The fourth-order valence-electron chi connectivity index (χ4n) is 2.86. The third kappa shape index (κ3) is 2.62. The monoisotopic (exact) mass is 347 g/mol. The van der Waals surface area contributed by atoms with Gasteiger partial charge in [-0.1, -0.05) is 24.3 Å². The molecule has 4 nitrogen and oxygen atoms in total. The summed E-state index contributed by atoms with van der Waals surface area (Å²) in [6.45, 7) is 1.93. The zero-order valence-electron chi connectivity index (χ0n) is 12.2. The first-order valence-electron chi connectivity index (χ1n) is 7.15. The van der Waals surface area contributed by atoms with Gasteiger partial charge in [0.15, 0.2) is 5.69 Å². The highest BCUT2D eigenvalue weighted by atomic mass is 79.9. The second kappa shape index (κ2) is 5.64. The van der Waals surface area contributed by atoms with E-state index in [2.05, 4.69) is 44.5 Å². The van der Waals surface area contributed by atoms with Crippen LogP contribution in [0.25, 0.3) is 0 Å². The van der Waals surface area contributed by atoms with E-state index in [0.29, 0.717) is 5.69 Å². The van der Waals surface area contributed by atoms with Crippen molar-refractivity contribution in [1.29, 1.82) is 0 Å². The normalized spacial score (nSPS) is 17.4. The minimum atomic E-state index is -0.118. The van der Waals surface area contributed by atoms with Crippen molar-refractivity contribution in [3.8, 4) is 0 Å². The van der Waals surface area contributed by atoms with Gasteiger partial charge < -0.3 is 5.32 Å². The predicted molar refractivity (Wildman–Crippen MR) is 85.2 cm³/mol. The molecule has 1 amide bonds. The Kier molecular flexibility index (Phi) is 3.85. The number of aromatic nitrogens is 2. The Morgan fingerprint density at radius 2 is 2.19 bits per heavy atom. The van der Waals surface area contributed by atoms with Crippen LogP contribution in [0.5, 0.6) is 0 Å². The number of fused-ring (bicyclic) bond motifs is 1. The second-order valence-electron chi connectivity index (χ2n) is 5.49. The van der Waals surface area contributed by atoms with E-state index in [-0.39, 0.29) is 11.9 Å². The van der Waals surface area contributed by atoms with Crippen LogP contribution < -0.4 is 5.32 Å². The Hall–Kier alpha value is -1.62. The lowest BCUT2D eigenvalue weighted by atomic mass is 9.88. The van der Waals surface area contributed by atoms with Crippen LogP contribution in [0.4, 0.5) is 0 Å². The molecule has 0 spiro atoms. The van der Waals surface area contributed by atoms with E-state index in [4.69, 9.17) is 0 Å². The number of hydrogen-bond donors (Lipinski definition) is 1. The van der Waals surface area contributed by atoms with Crippen LogP contribution in [0.3, 0.4) is 0 Å². The maximum atomic E-state index is 12.5. The van der Waals surface area contributed by atoms with Gasteiger partial charge in [-0.05, 0) is 53.2 Å². The van der Waals surface area contributed by atoms with Gasteiger partial charge in [0, 0.05) is 7.05 Å². The highest BCUT2D eigenvalue weighted by Crippen LogP contribution is 2.30. The molecule has 0 fully saturated rings. The molecule has 0 unspecified atom stereocenters. The van der Waals surface area contributed by atoms with E-state index in [1.165, 1.54) is 11.1 Å². The van der Waals surface area contributed by atoms with Crippen molar-refractivity contribution in [2.45, 2.75) is 32.2 Å². The molecule has 21 heavy (non-hydrogen) atoms. The van der Waals surface area contributed by atoms with Crippen molar-refractivity contribution in [2.24, 2.45) is 7.05 Å². The van der Waals surface area contributed by atoms with E-state index in [0.717, 1.165) is 29.4 Å². The Morgan fingerprint density at radius 3 is 2.90 bits per heavy atom. The van der Waals surface area contributed by atoms with Crippen molar-refractivity contribution < 1.29 is 4.79 Å². The number of nitrogens with zero attached hydrogens (tertiary/aromatic N) is 2. The van der Waals surface area contributed by atoms with E-state index < -0.39 is 0 Å². The average Bonchev–Trinajstić information content (AvgIpc) is 2.75. The molecule has 1 aliphatic carbocycles. The predicted octanol–water partition coefficient (Wildman–Crippen LogP) is 3.30. The van der Waals surface area contributed by atoms with Crippen molar-refractivity contribution in [3.05, 3.63) is 51.3 Å². The molecule has 3 rings (SSSR count). The minimum absolute atomic E-state index is 0.0802. The number of carbonyl (C=O) groups is 1. The molecule has 5 heteroatoms. The van der Waals surface area contributed by atoms with E-state index in [9.17, 15) is 4.79 Å². The maximum Gasteiger partial charge on any atom is 0.273 e. The summed E-state index contributed by atoms with van der Waals surface area (Å²) in [6.07, 6.45) is 3.17. The maximum absolute atomic E-state index is 12.5. The number of amides is 1. The molecule has 0 saturated heterocycles. The fourth-order valence-corrected chi connectivity index (χ4v) is 3.37. The lowest BCUT2D eigenvalue weighted by Crippen LogP contribution is -2.31. The topological polar surface area (TPSA) is 46.9 Å². The van der Waals surface area contributed by atoms with Crippen LogP contribution >= 0.6 is 15.9 Å². The molecule has 0 saturated carbocycles. The lowest BCUT2D eigenvalue weighted by molar-refractivity contribution is 0.0926. The van der Waals surface area contributed by atoms with Crippen molar-refractivity contribution in [3.63, 3.8) is 0 Å². The van der Waals surface area contributed by atoms with Gasteiger partial charge >= 0.3 is 0 Å². The SMILES string of the molecule is Cc1c(Br)c(C(=O)N[C@@H]2CCCc3ccccc32)nn1C. The van der Waals surface area contributed by atoms with Gasteiger partial charge in [-0.25, -0.2) is 0 Å². The van der Waals surface area contributed by atoms with Crippen molar-refractivity contribution in [1.82, 2.24) is 15.1 Å². The summed E-state index contributed by atoms with van der Waals surface area (Å²) in [5, 5.41) is 7.42. The molecule has 1 aromatic heterocycles. The number of benzene rings is 1. The standard InChI is InChI=1S/C16H18BrN3O/c1-10-14(17)15(19-20(10)2)16(21)18-13-9-5-7-11-6-3-4-8-12(11)13/h3-4,6,8,13H,5,7,9H2,1-2H3,(H,18,21)/t13-/m1/s1. The third-order valence-electron chi connectivity index (χ3n) is 4.15. The molecule has 1 N–H and O–H groups in total. The summed E-state index contributed by atoms with van der Waals surface area (Å²) in [5.41, 5.74) is 3.98. The Bertz CT molecular complexity index is 693. The number of rotatable bonds is 2. The number of hydrogen-bond acceptors (Lipinski definition) is 2. The van der Waals surface area contributed by atoms with Crippen LogP contribution in [0.2, 0.25) is 0 Å². The molecular weight excluding hydrogens is 330 g/mol. The van der Waals surface area contributed by atoms with Crippen molar-refractivity contribution in [2.75, 3.05) is 0 Å². The molecule has 1 atom stereocenters. The molecule has 1 aliphatic rings. The van der Waals surface area contributed by atoms with Crippen LogP contribution in [-0.2, 0) is 13.5 Å². The zero-order chi connectivity index (χ0) is 15.0. The van der Waals surface area contributed by atoms with Crippen LogP contribution in [0.1, 0.15) is 46.2 Å². The molecule has 0 bridgehead atoms. The van der Waals surface area contributed by atoms with Gasteiger partial charge in [-0.2, -0.15) is 5.10 Å². The summed E-state index contributed by atoms with van der Waals surface area (Å²) in [4.78, 5) is 12.5. The third-order valence-corrected chi connectivity index (χ3v) is 5.10. The minimum Gasteiger partial charge on any atom is -0.344 e. The summed E-state index contributed by atoms with van der Waals surface area (Å²) in [6, 6.07) is 8.43. The number of carbonyl (C=O) groups excluding carboxylic acids is 1. The molecule has 2 aromatic rings. The summed E-state index contributed by atoms with van der Waals surface area (Å²) in [5.74, 6) is -0.118. The highest BCUT2D eigenvalue weighted by Gasteiger charge is 2.24. The fraction of sp³-hybridized carbons (Fsp3) is 0.375. The highest BCUT2D eigenvalue weighted by molar-refractivity contribution is 9.10. The largest absolute Gasteiger partial charge is 0.344 e. The first-order valence-corrected chi connectivity index (χ1v) is 7.95. The summed E-state index contributed by atoms with van der Waals surface area (Å²) >= 11 is 3.45. The number of aryl methyl sites for hydroxylation is 2. The second-order valence-corrected chi connectivity index (χ2v) is 6.28. The Morgan fingerprint density at radius 1 is 1.43 bits per heavy atom. The lowest BCUT2D eigenvalue weighted by Gasteiger charge is -2.26. The molecule has 0 radical (unpaired) electrons. The first kappa shape index (κ1) is 14.3.